The third-order valence-electron chi connectivity index (χ3n) is 2.79. The van der Waals surface area contributed by atoms with Crippen LogP contribution in [0.5, 0.6) is 5.75 Å². The summed E-state index contributed by atoms with van der Waals surface area (Å²) in [6.07, 6.45) is 3.21. The van der Waals surface area contributed by atoms with Crippen molar-refractivity contribution in [3.05, 3.63) is 75.2 Å². The predicted octanol–water partition coefficient (Wildman–Crippen LogP) is 4.54. The third-order valence-corrected chi connectivity index (χ3v) is 3.77. The summed E-state index contributed by atoms with van der Waals surface area (Å²) >= 11 is 6.73. The topological polar surface area (TPSA) is 50.7 Å². The largest absolute Gasteiger partial charge is 0.489 e. The summed E-state index contributed by atoms with van der Waals surface area (Å²) in [5, 5.41) is 3.99. The summed E-state index contributed by atoms with van der Waals surface area (Å²) in [6.45, 7) is 4.02. The predicted molar refractivity (Wildman–Crippen MR) is 99.0 cm³/mol. The van der Waals surface area contributed by atoms with Crippen molar-refractivity contribution in [2.75, 3.05) is 6.61 Å². The van der Waals surface area contributed by atoms with Crippen molar-refractivity contribution in [3.63, 3.8) is 0 Å². The summed E-state index contributed by atoms with van der Waals surface area (Å²) in [5.74, 6) is 0.375. The number of nitrogens with one attached hydrogen (secondary N) is 1. The van der Waals surface area contributed by atoms with Crippen LogP contribution < -0.4 is 10.2 Å². The van der Waals surface area contributed by atoms with E-state index in [1.807, 2.05) is 24.3 Å². The van der Waals surface area contributed by atoms with E-state index in [4.69, 9.17) is 4.74 Å². The summed E-state index contributed by atoms with van der Waals surface area (Å²) in [5.41, 5.74) is 3.76. The molecule has 118 valence electrons. The van der Waals surface area contributed by atoms with Crippen molar-refractivity contribution in [3.8, 4) is 5.75 Å². The van der Waals surface area contributed by atoms with Crippen molar-refractivity contribution >= 4 is 44.0 Å². The van der Waals surface area contributed by atoms with Crippen LogP contribution in [-0.4, -0.2) is 18.7 Å². The SMILES string of the molecule is C=CCOc1ccc(Br)cc1/C=N\NC(=O)c1cccc(Br)c1. The first-order chi connectivity index (χ1) is 11.1. The van der Waals surface area contributed by atoms with Gasteiger partial charge in [-0.1, -0.05) is 50.6 Å². The van der Waals surface area contributed by atoms with Gasteiger partial charge < -0.3 is 4.74 Å². The molecule has 0 bridgehead atoms. The number of ether oxygens (including phenoxy) is 1. The van der Waals surface area contributed by atoms with Crippen molar-refractivity contribution < 1.29 is 9.53 Å². The van der Waals surface area contributed by atoms with Crippen molar-refractivity contribution in [1.29, 1.82) is 0 Å². The molecule has 0 aromatic heterocycles. The number of nitrogens with zero attached hydrogens (tertiary/aromatic N) is 1. The molecule has 6 heteroatoms. The molecule has 23 heavy (non-hydrogen) atoms. The molecule has 0 unspecified atom stereocenters. The molecule has 4 nitrogen and oxygen atoms in total. The van der Waals surface area contributed by atoms with E-state index in [9.17, 15) is 4.79 Å². The molecular formula is C17H14Br2N2O2. The van der Waals surface area contributed by atoms with Crippen molar-refractivity contribution in [2.24, 2.45) is 5.10 Å². The lowest BCUT2D eigenvalue weighted by Crippen LogP contribution is -2.17. The van der Waals surface area contributed by atoms with E-state index in [-0.39, 0.29) is 5.91 Å². The van der Waals surface area contributed by atoms with Gasteiger partial charge in [-0.2, -0.15) is 5.10 Å². The van der Waals surface area contributed by atoms with Gasteiger partial charge in [-0.3, -0.25) is 4.79 Å². The Labute approximate surface area is 151 Å². The van der Waals surface area contributed by atoms with Crippen LogP contribution in [0.3, 0.4) is 0 Å². The zero-order chi connectivity index (χ0) is 16.7. The van der Waals surface area contributed by atoms with Crippen LogP contribution in [0.25, 0.3) is 0 Å². The van der Waals surface area contributed by atoms with Crippen LogP contribution in [-0.2, 0) is 0 Å². The number of carbonyl (C=O) groups excluding carboxylic acids is 1. The van der Waals surface area contributed by atoms with E-state index in [1.165, 1.54) is 0 Å². The number of benzene rings is 2. The molecular weight excluding hydrogens is 424 g/mol. The van der Waals surface area contributed by atoms with Crippen LogP contribution in [0.15, 0.2) is 69.2 Å². The molecule has 0 aliphatic heterocycles. The lowest BCUT2D eigenvalue weighted by Gasteiger charge is -2.07. The fraction of sp³-hybridized carbons (Fsp3) is 0.0588. The van der Waals surface area contributed by atoms with Crippen molar-refractivity contribution in [2.45, 2.75) is 0 Å². The van der Waals surface area contributed by atoms with Gasteiger partial charge in [-0.15, -0.1) is 0 Å². The molecule has 0 atom stereocenters. The fourth-order valence-corrected chi connectivity index (χ4v) is 2.53. The highest BCUT2D eigenvalue weighted by Crippen LogP contribution is 2.21. The molecule has 0 saturated heterocycles. The Morgan fingerprint density at radius 2 is 2.00 bits per heavy atom. The van der Waals surface area contributed by atoms with Crippen LogP contribution >= 0.6 is 31.9 Å². The minimum absolute atomic E-state index is 0.286. The van der Waals surface area contributed by atoms with E-state index in [0.29, 0.717) is 17.9 Å². The standard InChI is InChI=1S/C17H14Br2N2O2/c1-2-8-23-16-7-6-15(19)10-13(16)11-20-21-17(22)12-4-3-5-14(18)9-12/h2-7,9-11H,1,8H2,(H,21,22)/b20-11-. The van der Waals surface area contributed by atoms with Gasteiger partial charge in [0.15, 0.2) is 0 Å². The van der Waals surface area contributed by atoms with Crippen molar-refractivity contribution in [1.82, 2.24) is 5.43 Å². The van der Waals surface area contributed by atoms with Gasteiger partial charge in [0, 0.05) is 20.1 Å². The number of rotatable bonds is 6. The van der Waals surface area contributed by atoms with Crippen LogP contribution in [0.1, 0.15) is 15.9 Å². The van der Waals surface area contributed by atoms with Crippen LogP contribution in [0.2, 0.25) is 0 Å². The number of hydrazone groups is 1. The van der Waals surface area contributed by atoms with Gasteiger partial charge in [0.05, 0.1) is 6.21 Å². The molecule has 0 spiro atoms. The second-order valence-electron chi connectivity index (χ2n) is 4.49. The molecule has 0 heterocycles. The zero-order valence-electron chi connectivity index (χ0n) is 12.1. The van der Waals surface area contributed by atoms with E-state index >= 15 is 0 Å². The number of hydrogen-bond acceptors (Lipinski definition) is 3. The average molecular weight is 438 g/mol. The van der Waals surface area contributed by atoms with Gasteiger partial charge in [-0.05, 0) is 36.4 Å². The molecule has 0 aliphatic carbocycles. The monoisotopic (exact) mass is 436 g/mol. The minimum atomic E-state index is -0.286. The molecule has 1 amide bonds. The van der Waals surface area contributed by atoms with Gasteiger partial charge >= 0.3 is 0 Å². The molecule has 0 fully saturated rings. The number of amides is 1. The summed E-state index contributed by atoms with van der Waals surface area (Å²) in [6, 6.07) is 12.6. The highest BCUT2D eigenvalue weighted by Gasteiger charge is 2.05. The lowest BCUT2D eigenvalue weighted by atomic mass is 10.2. The van der Waals surface area contributed by atoms with Gasteiger partial charge in [-0.25, -0.2) is 5.43 Å². The lowest BCUT2D eigenvalue weighted by molar-refractivity contribution is 0.0955. The minimum Gasteiger partial charge on any atom is -0.489 e. The van der Waals surface area contributed by atoms with Crippen LogP contribution in [0, 0.1) is 0 Å². The fourth-order valence-electron chi connectivity index (χ4n) is 1.76. The highest BCUT2D eigenvalue weighted by molar-refractivity contribution is 9.10. The Bertz CT molecular complexity index is 745. The maximum absolute atomic E-state index is 12.0. The molecule has 0 radical (unpaired) electrons. The summed E-state index contributed by atoms with van der Waals surface area (Å²) in [4.78, 5) is 12.0. The Kier molecular flexibility index (Phi) is 6.55. The average Bonchev–Trinajstić information content (AvgIpc) is 2.54. The maximum atomic E-state index is 12.0. The molecule has 0 saturated carbocycles. The van der Waals surface area contributed by atoms with Gasteiger partial charge in [0.2, 0.25) is 0 Å². The first-order valence-electron chi connectivity index (χ1n) is 6.72. The second-order valence-corrected chi connectivity index (χ2v) is 6.32. The zero-order valence-corrected chi connectivity index (χ0v) is 15.3. The molecule has 0 aliphatic rings. The second kappa shape index (κ2) is 8.64. The Hall–Kier alpha value is -1.92. The first-order valence-corrected chi connectivity index (χ1v) is 8.31. The number of carbonyl (C=O) groups is 1. The van der Waals surface area contributed by atoms with Gasteiger partial charge in [0.25, 0.3) is 5.91 Å². The molecule has 2 rings (SSSR count). The smallest absolute Gasteiger partial charge is 0.271 e. The van der Waals surface area contributed by atoms with Crippen LogP contribution in [0.4, 0.5) is 0 Å². The van der Waals surface area contributed by atoms with Gasteiger partial charge in [0.1, 0.15) is 12.4 Å². The van der Waals surface area contributed by atoms with E-state index in [1.54, 1.807) is 30.5 Å². The summed E-state index contributed by atoms with van der Waals surface area (Å²) < 4.78 is 7.28. The quantitative estimate of drug-likeness (QED) is 0.409. The number of halogens is 2. The Morgan fingerprint density at radius 1 is 1.22 bits per heavy atom. The van der Waals surface area contributed by atoms with E-state index < -0.39 is 0 Å². The molecule has 2 aromatic rings. The van der Waals surface area contributed by atoms with E-state index in [0.717, 1.165) is 14.5 Å². The normalized spacial score (nSPS) is 10.5. The maximum Gasteiger partial charge on any atom is 0.271 e. The van der Waals surface area contributed by atoms with E-state index in [2.05, 4.69) is 49.0 Å². The Morgan fingerprint density at radius 3 is 2.74 bits per heavy atom. The number of hydrogen-bond donors (Lipinski definition) is 1. The molecule has 1 N–H and O–H groups in total. The highest BCUT2D eigenvalue weighted by atomic mass is 79.9. The first kappa shape index (κ1) is 17.4. The molecule has 2 aromatic carbocycles. The Balaban J connectivity index is 2.09. The third kappa shape index (κ3) is 5.33. The summed E-state index contributed by atoms with van der Waals surface area (Å²) in [7, 11) is 0.